The molecule has 0 bridgehead atoms. The van der Waals surface area contributed by atoms with E-state index in [1.54, 1.807) is 0 Å². The van der Waals surface area contributed by atoms with Crippen LogP contribution in [0.25, 0.3) is 0 Å². The Morgan fingerprint density at radius 3 is 2.46 bits per heavy atom. The number of aliphatic carboxylic acids is 1. The molecule has 2 fully saturated rings. The van der Waals surface area contributed by atoms with E-state index in [0.717, 1.165) is 25.5 Å². The van der Waals surface area contributed by atoms with Crippen molar-refractivity contribution in [3.05, 3.63) is 29.3 Å². The lowest BCUT2D eigenvalue weighted by Gasteiger charge is -2.42. The van der Waals surface area contributed by atoms with Gasteiger partial charge in [0.25, 0.3) is 0 Å². The molecule has 0 heterocycles. The molecule has 2 aliphatic rings. The minimum atomic E-state index is -4.42. The molecule has 1 aromatic rings. The minimum absolute atomic E-state index is 0.00488. The predicted molar refractivity (Wildman–Crippen MR) is 97.1 cm³/mol. The summed E-state index contributed by atoms with van der Waals surface area (Å²) in [5, 5.41) is 14.4. The highest BCUT2D eigenvalue weighted by atomic mass is 19.4. The average Bonchev–Trinajstić information content (AvgIpc) is 3.32. The highest BCUT2D eigenvalue weighted by molar-refractivity contribution is 5.89. The van der Waals surface area contributed by atoms with Gasteiger partial charge in [0.1, 0.15) is 0 Å². The number of alkyl halides is 3. The number of carboxylic acids is 1. The predicted octanol–water partition coefficient (Wildman–Crippen LogP) is 3.46. The first-order chi connectivity index (χ1) is 13.1. The van der Waals surface area contributed by atoms with E-state index in [9.17, 15) is 22.8 Å². The molecule has 0 unspecified atom stereocenters. The van der Waals surface area contributed by atoms with Crippen LogP contribution in [0.15, 0.2) is 18.2 Å². The molecule has 0 radical (unpaired) electrons. The molecular weight excluding hydrogens is 375 g/mol. The fourth-order valence-corrected chi connectivity index (χ4v) is 3.56. The molecule has 3 rings (SSSR count). The number of rotatable bonds is 7. The van der Waals surface area contributed by atoms with Crippen LogP contribution < -0.4 is 10.6 Å². The first-order valence-corrected chi connectivity index (χ1v) is 9.33. The maximum absolute atomic E-state index is 12.8. The Balaban J connectivity index is 1.47. The number of nitrogens with zero attached hydrogens (tertiary/aromatic N) is 1. The number of urea groups is 1. The summed E-state index contributed by atoms with van der Waals surface area (Å²) in [5.74, 6) is -0.273. The molecule has 0 aliphatic heterocycles. The van der Waals surface area contributed by atoms with Crippen LogP contribution in [0.5, 0.6) is 0 Å². The second-order valence-corrected chi connectivity index (χ2v) is 7.71. The van der Waals surface area contributed by atoms with Gasteiger partial charge in [0.2, 0.25) is 0 Å². The van der Waals surface area contributed by atoms with E-state index in [1.165, 1.54) is 19.1 Å². The zero-order chi connectivity index (χ0) is 20.5. The van der Waals surface area contributed by atoms with Crippen LogP contribution in [-0.2, 0) is 11.0 Å². The molecule has 2 amide bonds. The van der Waals surface area contributed by atoms with Crippen LogP contribution >= 0.6 is 0 Å². The molecule has 0 atom stereocenters. The second-order valence-electron chi connectivity index (χ2n) is 7.71. The molecule has 6 nitrogen and oxygen atoms in total. The maximum atomic E-state index is 12.8. The van der Waals surface area contributed by atoms with E-state index in [4.69, 9.17) is 5.11 Å². The van der Waals surface area contributed by atoms with Crippen molar-refractivity contribution in [2.45, 2.75) is 50.9 Å². The molecule has 154 valence electrons. The molecule has 2 aliphatic carbocycles. The van der Waals surface area contributed by atoms with Crippen LogP contribution in [0.3, 0.4) is 0 Å². The van der Waals surface area contributed by atoms with Gasteiger partial charge in [0.05, 0.1) is 12.1 Å². The lowest BCUT2D eigenvalue weighted by molar-refractivity contribution is -0.140. The molecule has 2 saturated carbocycles. The smallest absolute Gasteiger partial charge is 0.416 e. The summed E-state index contributed by atoms with van der Waals surface area (Å²) in [6.45, 7) is 2.13. The molecule has 28 heavy (non-hydrogen) atoms. The zero-order valence-electron chi connectivity index (χ0n) is 15.6. The van der Waals surface area contributed by atoms with Crippen LogP contribution in [-0.4, -0.2) is 47.2 Å². The SMILES string of the molecule is Cc1cc(NC(=O)NC2CC(N(CC(=O)O)CC3CC3)C2)ccc1C(F)(F)F. The number of benzene rings is 1. The van der Waals surface area contributed by atoms with E-state index in [1.807, 2.05) is 4.90 Å². The van der Waals surface area contributed by atoms with E-state index in [2.05, 4.69) is 10.6 Å². The normalized spacial score (nSPS) is 21.9. The zero-order valence-corrected chi connectivity index (χ0v) is 15.6. The summed E-state index contributed by atoms with van der Waals surface area (Å²) in [4.78, 5) is 25.1. The van der Waals surface area contributed by atoms with Gasteiger partial charge in [-0.3, -0.25) is 9.69 Å². The molecule has 0 saturated heterocycles. The Bertz CT molecular complexity index is 744. The number of anilines is 1. The van der Waals surface area contributed by atoms with Crippen LogP contribution in [0.2, 0.25) is 0 Å². The van der Waals surface area contributed by atoms with Gasteiger partial charge in [-0.25, -0.2) is 4.79 Å². The first kappa shape index (κ1) is 20.4. The number of carboxylic acid groups (broad SMARTS) is 1. The van der Waals surface area contributed by atoms with Crippen molar-refractivity contribution in [2.24, 2.45) is 5.92 Å². The van der Waals surface area contributed by atoms with Crippen molar-refractivity contribution < 1.29 is 27.9 Å². The number of carbonyl (C=O) groups excluding carboxylic acids is 1. The van der Waals surface area contributed by atoms with Crippen molar-refractivity contribution in [3.63, 3.8) is 0 Å². The number of nitrogens with one attached hydrogen (secondary N) is 2. The quantitative estimate of drug-likeness (QED) is 0.656. The molecular formula is C19H24F3N3O3. The van der Waals surface area contributed by atoms with Crippen molar-refractivity contribution >= 4 is 17.7 Å². The number of halogens is 3. The summed E-state index contributed by atoms with van der Waals surface area (Å²) < 4.78 is 38.4. The van der Waals surface area contributed by atoms with Crippen molar-refractivity contribution in [1.82, 2.24) is 10.2 Å². The molecule has 9 heteroatoms. The highest BCUT2D eigenvalue weighted by Crippen LogP contribution is 2.34. The minimum Gasteiger partial charge on any atom is -0.480 e. The van der Waals surface area contributed by atoms with E-state index >= 15 is 0 Å². The topological polar surface area (TPSA) is 81.7 Å². The lowest BCUT2D eigenvalue weighted by atomic mass is 9.85. The average molecular weight is 399 g/mol. The maximum Gasteiger partial charge on any atom is 0.416 e. The van der Waals surface area contributed by atoms with E-state index in [0.29, 0.717) is 24.4 Å². The van der Waals surface area contributed by atoms with Gasteiger partial charge in [-0.05, 0) is 62.3 Å². The molecule has 1 aromatic carbocycles. The number of hydrogen-bond donors (Lipinski definition) is 3. The van der Waals surface area contributed by atoms with Crippen LogP contribution in [0, 0.1) is 12.8 Å². The number of amides is 2. The number of hydrogen-bond acceptors (Lipinski definition) is 3. The third-order valence-electron chi connectivity index (χ3n) is 5.28. The van der Waals surface area contributed by atoms with E-state index in [-0.39, 0.29) is 24.2 Å². The van der Waals surface area contributed by atoms with Crippen LogP contribution in [0.4, 0.5) is 23.7 Å². The monoisotopic (exact) mass is 399 g/mol. The molecule has 3 N–H and O–H groups in total. The summed E-state index contributed by atoms with van der Waals surface area (Å²) in [5.41, 5.74) is -0.395. The summed E-state index contributed by atoms with van der Waals surface area (Å²) in [7, 11) is 0. The summed E-state index contributed by atoms with van der Waals surface area (Å²) in [6.07, 6.45) is -0.814. The lowest BCUT2D eigenvalue weighted by Crippen LogP contribution is -2.55. The summed E-state index contributed by atoms with van der Waals surface area (Å²) in [6, 6.07) is 3.05. The Hall–Kier alpha value is -2.29. The summed E-state index contributed by atoms with van der Waals surface area (Å²) >= 11 is 0. The Kier molecular flexibility index (Phi) is 5.83. The number of aryl methyl sites for hydroxylation is 1. The van der Waals surface area contributed by atoms with Gasteiger partial charge in [-0.1, -0.05) is 0 Å². The van der Waals surface area contributed by atoms with Gasteiger partial charge in [0.15, 0.2) is 0 Å². The molecule has 0 spiro atoms. The standard InChI is InChI=1S/C19H24F3N3O3/c1-11-6-13(4-5-16(11)19(20,21)22)23-18(28)24-14-7-15(8-14)25(10-17(26)27)9-12-2-3-12/h4-6,12,14-15H,2-3,7-10H2,1H3,(H,26,27)(H2,23,24,28). The fraction of sp³-hybridized carbons (Fsp3) is 0.579. The van der Waals surface area contributed by atoms with Crippen LogP contribution in [0.1, 0.15) is 36.8 Å². The van der Waals surface area contributed by atoms with E-state index < -0.39 is 23.7 Å². The Labute approximate surface area is 161 Å². The third-order valence-corrected chi connectivity index (χ3v) is 5.28. The van der Waals surface area contributed by atoms with Crippen molar-refractivity contribution in [3.8, 4) is 0 Å². The number of carbonyl (C=O) groups is 2. The fourth-order valence-electron chi connectivity index (χ4n) is 3.56. The van der Waals surface area contributed by atoms with Gasteiger partial charge in [-0.2, -0.15) is 13.2 Å². The van der Waals surface area contributed by atoms with Crippen molar-refractivity contribution in [1.29, 1.82) is 0 Å². The third kappa shape index (κ3) is 5.37. The van der Waals surface area contributed by atoms with Gasteiger partial charge < -0.3 is 15.7 Å². The Morgan fingerprint density at radius 2 is 1.93 bits per heavy atom. The molecule has 0 aromatic heterocycles. The largest absolute Gasteiger partial charge is 0.480 e. The van der Waals surface area contributed by atoms with Gasteiger partial charge >= 0.3 is 18.2 Å². The van der Waals surface area contributed by atoms with Gasteiger partial charge in [-0.15, -0.1) is 0 Å². The van der Waals surface area contributed by atoms with Crippen molar-refractivity contribution in [2.75, 3.05) is 18.4 Å². The second kappa shape index (κ2) is 7.98. The Morgan fingerprint density at radius 1 is 1.25 bits per heavy atom. The first-order valence-electron chi connectivity index (χ1n) is 9.33. The van der Waals surface area contributed by atoms with Gasteiger partial charge in [0, 0.05) is 24.3 Å². The highest BCUT2D eigenvalue weighted by Gasteiger charge is 2.38.